The van der Waals surface area contributed by atoms with Crippen LogP contribution in [-0.4, -0.2) is 30.4 Å². The smallest absolute Gasteiger partial charge is 0.321 e. The predicted molar refractivity (Wildman–Crippen MR) is 83.8 cm³/mol. The van der Waals surface area contributed by atoms with Gasteiger partial charge in [0.2, 0.25) is 0 Å². The summed E-state index contributed by atoms with van der Waals surface area (Å²) in [6.45, 7) is 7.11. The van der Waals surface area contributed by atoms with E-state index in [1.54, 1.807) is 32.9 Å². The minimum Gasteiger partial charge on any atom is -0.468 e. The molecule has 1 fully saturated rings. The fourth-order valence-corrected chi connectivity index (χ4v) is 3.34. The second-order valence-electron chi connectivity index (χ2n) is 6.57. The number of ketones is 1. The number of aryl methyl sites for hydroxylation is 1. The third kappa shape index (κ3) is 3.14. The van der Waals surface area contributed by atoms with Gasteiger partial charge in [0.1, 0.15) is 5.60 Å². The lowest BCUT2D eigenvalue weighted by molar-refractivity contribution is -0.156. The van der Waals surface area contributed by atoms with Crippen LogP contribution in [0.1, 0.15) is 36.7 Å². The molecule has 1 aliphatic heterocycles. The summed E-state index contributed by atoms with van der Waals surface area (Å²) in [5.41, 5.74) is 0.707. The Hall–Kier alpha value is -2.17. The standard InChI is InChI=1S/C18H22O5/c1-10-6-8-12(9-7-10)15(19)11(2)14-13(16(20)22-5)17(21)23-18(14,3)4/h6-9,11,13-14H,1-5H3. The highest BCUT2D eigenvalue weighted by molar-refractivity contribution is 6.01. The molecule has 0 aliphatic carbocycles. The molecule has 0 aromatic heterocycles. The van der Waals surface area contributed by atoms with E-state index in [2.05, 4.69) is 0 Å². The van der Waals surface area contributed by atoms with E-state index in [9.17, 15) is 14.4 Å². The number of ether oxygens (including phenoxy) is 2. The van der Waals surface area contributed by atoms with E-state index in [1.165, 1.54) is 7.11 Å². The van der Waals surface area contributed by atoms with Crippen LogP contribution in [0.5, 0.6) is 0 Å². The van der Waals surface area contributed by atoms with Crippen LogP contribution in [0.3, 0.4) is 0 Å². The molecule has 0 saturated carbocycles. The Balaban J connectivity index is 2.35. The molecule has 3 atom stereocenters. The Morgan fingerprint density at radius 1 is 1.22 bits per heavy atom. The molecule has 0 bridgehead atoms. The van der Waals surface area contributed by atoms with Crippen molar-refractivity contribution in [3.63, 3.8) is 0 Å². The van der Waals surface area contributed by atoms with Crippen LogP contribution in [-0.2, 0) is 19.1 Å². The maximum absolute atomic E-state index is 12.8. The number of carbonyl (C=O) groups is 3. The van der Waals surface area contributed by atoms with Crippen molar-refractivity contribution in [2.45, 2.75) is 33.3 Å². The SMILES string of the molecule is COC(=O)C1C(=O)OC(C)(C)C1C(C)C(=O)c1ccc(C)cc1. The van der Waals surface area contributed by atoms with Crippen molar-refractivity contribution in [3.05, 3.63) is 35.4 Å². The zero-order chi connectivity index (χ0) is 17.4. The monoisotopic (exact) mass is 318 g/mol. The van der Waals surface area contributed by atoms with Gasteiger partial charge in [0.25, 0.3) is 0 Å². The van der Waals surface area contributed by atoms with Crippen LogP contribution >= 0.6 is 0 Å². The molecule has 0 amide bonds. The molecule has 2 rings (SSSR count). The molecule has 1 heterocycles. The highest BCUT2D eigenvalue weighted by Crippen LogP contribution is 2.43. The van der Waals surface area contributed by atoms with Gasteiger partial charge >= 0.3 is 11.9 Å². The fourth-order valence-electron chi connectivity index (χ4n) is 3.34. The summed E-state index contributed by atoms with van der Waals surface area (Å²) in [6, 6.07) is 7.23. The number of Topliss-reactive ketones (excluding diaryl/α,β-unsaturated/α-hetero) is 1. The topological polar surface area (TPSA) is 69.7 Å². The Labute approximate surface area is 136 Å². The molecule has 1 aliphatic rings. The molecule has 23 heavy (non-hydrogen) atoms. The average molecular weight is 318 g/mol. The van der Waals surface area contributed by atoms with Crippen LogP contribution in [0.25, 0.3) is 0 Å². The third-order valence-electron chi connectivity index (χ3n) is 4.52. The molecule has 5 heteroatoms. The number of rotatable bonds is 4. The summed E-state index contributed by atoms with van der Waals surface area (Å²) in [6.07, 6.45) is 0. The maximum Gasteiger partial charge on any atom is 0.321 e. The largest absolute Gasteiger partial charge is 0.468 e. The highest BCUT2D eigenvalue weighted by atomic mass is 16.6. The summed E-state index contributed by atoms with van der Waals surface area (Å²) >= 11 is 0. The second-order valence-corrected chi connectivity index (χ2v) is 6.57. The summed E-state index contributed by atoms with van der Waals surface area (Å²) in [5, 5.41) is 0. The lowest BCUT2D eigenvalue weighted by Crippen LogP contribution is -2.41. The number of benzene rings is 1. The van der Waals surface area contributed by atoms with Crippen LogP contribution < -0.4 is 0 Å². The van der Waals surface area contributed by atoms with Crippen molar-refractivity contribution in [1.82, 2.24) is 0 Å². The zero-order valence-corrected chi connectivity index (χ0v) is 14.1. The molecule has 1 aromatic carbocycles. The highest BCUT2D eigenvalue weighted by Gasteiger charge is 2.57. The summed E-state index contributed by atoms with van der Waals surface area (Å²) in [7, 11) is 1.23. The normalized spacial score (nSPS) is 24.0. The Bertz CT molecular complexity index is 629. The van der Waals surface area contributed by atoms with Crippen LogP contribution in [0.4, 0.5) is 0 Å². The van der Waals surface area contributed by atoms with Gasteiger partial charge in [0.05, 0.1) is 7.11 Å². The first-order valence-corrected chi connectivity index (χ1v) is 7.60. The molecule has 124 valence electrons. The zero-order valence-electron chi connectivity index (χ0n) is 14.1. The lowest BCUT2D eigenvalue weighted by Gasteiger charge is -2.30. The maximum atomic E-state index is 12.8. The summed E-state index contributed by atoms with van der Waals surface area (Å²) in [4.78, 5) is 36.8. The number of hydrogen-bond acceptors (Lipinski definition) is 5. The first-order valence-electron chi connectivity index (χ1n) is 7.60. The van der Waals surface area contributed by atoms with Crippen LogP contribution in [0.15, 0.2) is 24.3 Å². The van der Waals surface area contributed by atoms with E-state index < -0.39 is 35.3 Å². The van der Waals surface area contributed by atoms with E-state index in [0.29, 0.717) is 5.56 Å². The molecule has 1 aromatic rings. The van der Waals surface area contributed by atoms with Gasteiger partial charge in [-0.3, -0.25) is 14.4 Å². The van der Waals surface area contributed by atoms with Gasteiger partial charge in [-0.05, 0) is 20.8 Å². The van der Waals surface area contributed by atoms with E-state index in [4.69, 9.17) is 9.47 Å². The van der Waals surface area contributed by atoms with Gasteiger partial charge in [0, 0.05) is 17.4 Å². The predicted octanol–water partition coefficient (Wildman–Crippen LogP) is 2.55. The summed E-state index contributed by atoms with van der Waals surface area (Å²) in [5.74, 6) is -3.60. The quantitative estimate of drug-likeness (QED) is 0.485. The van der Waals surface area contributed by atoms with Gasteiger partial charge in [0.15, 0.2) is 11.7 Å². The second kappa shape index (κ2) is 6.14. The van der Waals surface area contributed by atoms with Gasteiger partial charge < -0.3 is 9.47 Å². The minimum absolute atomic E-state index is 0.115. The van der Waals surface area contributed by atoms with Crippen molar-refractivity contribution in [3.8, 4) is 0 Å². The average Bonchev–Trinajstić information content (AvgIpc) is 2.74. The van der Waals surface area contributed by atoms with Crippen molar-refractivity contribution in [2.24, 2.45) is 17.8 Å². The Morgan fingerprint density at radius 3 is 2.30 bits per heavy atom. The van der Waals surface area contributed by atoms with Gasteiger partial charge in [-0.2, -0.15) is 0 Å². The van der Waals surface area contributed by atoms with Gasteiger partial charge in [-0.25, -0.2) is 0 Å². The first-order chi connectivity index (χ1) is 10.7. The number of methoxy groups -OCH3 is 1. The summed E-state index contributed by atoms with van der Waals surface area (Å²) < 4.78 is 10.1. The number of cyclic esters (lactones) is 1. The number of hydrogen-bond donors (Lipinski definition) is 0. The molecule has 3 unspecified atom stereocenters. The van der Waals surface area contributed by atoms with E-state index in [-0.39, 0.29) is 5.78 Å². The van der Waals surface area contributed by atoms with Crippen molar-refractivity contribution >= 4 is 17.7 Å². The van der Waals surface area contributed by atoms with Crippen LogP contribution in [0.2, 0.25) is 0 Å². The van der Waals surface area contributed by atoms with Crippen molar-refractivity contribution in [1.29, 1.82) is 0 Å². The molecular formula is C18H22O5. The van der Waals surface area contributed by atoms with Gasteiger partial charge in [-0.15, -0.1) is 0 Å². The Kier molecular flexibility index (Phi) is 4.59. The molecular weight excluding hydrogens is 296 g/mol. The Morgan fingerprint density at radius 2 is 1.78 bits per heavy atom. The molecule has 0 spiro atoms. The van der Waals surface area contributed by atoms with E-state index >= 15 is 0 Å². The molecule has 0 N–H and O–H groups in total. The van der Waals surface area contributed by atoms with E-state index in [0.717, 1.165) is 5.56 Å². The molecule has 1 saturated heterocycles. The number of carbonyl (C=O) groups excluding carboxylic acids is 3. The fraction of sp³-hybridized carbons (Fsp3) is 0.500. The molecule has 5 nitrogen and oxygen atoms in total. The van der Waals surface area contributed by atoms with Crippen molar-refractivity contribution < 1.29 is 23.9 Å². The van der Waals surface area contributed by atoms with Crippen LogP contribution in [0, 0.1) is 24.7 Å². The number of esters is 2. The van der Waals surface area contributed by atoms with Gasteiger partial charge in [-0.1, -0.05) is 36.8 Å². The lowest BCUT2D eigenvalue weighted by atomic mass is 9.72. The first kappa shape index (κ1) is 17.2. The van der Waals surface area contributed by atoms with E-state index in [1.807, 2.05) is 19.1 Å². The molecule has 0 radical (unpaired) electrons. The van der Waals surface area contributed by atoms with Crippen molar-refractivity contribution in [2.75, 3.05) is 7.11 Å². The third-order valence-corrected chi connectivity index (χ3v) is 4.52. The minimum atomic E-state index is -1.07.